The van der Waals surface area contributed by atoms with Crippen molar-refractivity contribution >= 4 is 16.7 Å². The smallest absolute Gasteiger partial charge is 0.337 e. The molecule has 1 aromatic heterocycles. The molecule has 0 aliphatic rings. The molecule has 2 aromatic rings. The summed E-state index contributed by atoms with van der Waals surface area (Å²) >= 11 is 0. The maximum absolute atomic E-state index is 11.1. The van der Waals surface area contributed by atoms with Crippen LogP contribution in [0.3, 0.4) is 0 Å². The number of ether oxygens (including phenoxy) is 2. The molecule has 0 fully saturated rings. The van der Waals surface area contributed by atoms with Crippen LogP contribution in [0.15, 0.2) is 24.4 Å². The number of aromatic nitrogens is 1. The molecule has 0 unspecified atom stereocenters. The third kappa shape index (κ3) is 1.87. The second kappa shape index (κ2) is 4.29. The van der Waals surface area contributed by atoms with Crippen LogP contribution in [-0.4, -0.2) is 30.3 Å². The van der Waals surface area contributed by atoms with Crippen LogP contribution in [-0.2, 0) is 0 Å². The number of methoxy groups -OCH3 is 2. The van der Waals surface area contributed by atoms with Crippen LogP contribution in [0.2, 0.25) is 0 Å². The first-order valence-corrected chi connectivity index (χ1v) is 4.91. The Morgan fingerprint density at radius 3 is 2.59 bits per heavy atom. The molecule has 88 valence electrons. The minimum atomic E-state index is -1.02. The largest absolute Gasteiger partial charge is 0.497 e. The van der Waals surface area contributed by atoms with E-state index in [-0.39, 0.29) is 5.56 Å². The molecule has 0 bridgehead atoms. The molecule has 0 saturated heterocycles. The van der Waals surface area contributed by atoms with Gasteiger partial charge in [0.05, 0.1) is 19.8 Å². The van der Waals surface area contributed by atoms with Gasteiger partial charge in [-0.3, -0.25) is 0 Å². The lowest BCUT2D eigenvalue weighted by Crippen LogP contribution is -2.00. The molecular formula is C12H11NO4. The molecule has 1 aromatic carbocycles. The van der Waals surface area contributed by atoms with Gasteiger partial charge in [0.25, 0.3) is 0 Å². The molecule has 1 N–H and O–H groups in total. The summed E-state index contributed by atoms with van der Waals surface area (Å²) in [4.78, 5) is 15.0. The topological polar surface area (TPSA) is 68.7 Å². The molecule has 5 nitrogen and oxygen atoms in total. The molecule has 0 amide bonds. The second-order valence-corrected chi connectivity index (χ2v) is 3.40. The molecule has 2 rings (SSSR count). The summed E-state index contributed by atoms with van der Waals surface area (Å²) in [5.74, 6) is -0.0145. The normalized spacial score (nSPS) is 10.2. The van der Waals surface area contributed by atoms with Gasteiger partial charge in [-0.05, 0) is 18.2 Å². The van der Waals surface area contributed by atoms with Crippen molar-refractivity contribution in [3.8, 4) is 11.6 Å². The van der Waals surface area contributed by atoms with Gasteiger partial charge in [-0.2, -0.15) is 0 Å². The average molecular weight is 233 g/mol. The van der Waals surface area contributed by atoms with Crippen LogP contribution in [0.5, 0.6) is 11.6 Å². The highest BCUT2D eigenvalue weighted by Gasteiger charge is 2.13. The summed E-state index contributed by atoms with van der Waals surface area (Å²) in [6.07, 6.45) is 1.29. The Labute approximate surface area is 97.6 Å². The molecule has 0 saturated carbocycles. The van der Waals surface area contributed by atoms with E-state index >= 15 is 0 Å². The number of carboxylic acid groups (broad SMARTS) is 1. The minimum absolute atomic E-state index is 0.142. The van der Waals surface area contributed by atoms with E-state index in [1.54, 1.807) is 25.3 Å². The van der Waals surface area contributed by atoms with Gasteiger partial charge < -0.3 is 14.6 Å². The highest BCUT2D eigenvalue weighted by Crippen LogP contribution is 2.29. The lowest BCUT2D eigenvalue weighted by Gasteiger charge is -2.08. The van der Waals surface area contributed by atoms with Crippen molar-refractivity contribution < 1.29 is 19.4 Å². The number of fused-ring (bicyclic) bond motifs is 1. The van der Waals surface area contributed by atoms with E-state index in [4.69, 9.17) is 14.6 Å². The fraction of sp³-hybridized carbons (Fsp3) is 0.167. The molecule has 5 heteroatoms. The first-order valence-electron chi connectivity index (χ1n) is 4.91. The van der Waals surface area contributed by atoms with Crippen LogP contribution < -0.4 is 9.47 Å². The van der Waals surface area contributed by atoms with Crippen LogP contribution >= 0.6 is 0 Å². The van der Waals surface area contributed by atoms with E-state index in [0.29, 0.717) is 22.4 Å². The van der Waals surface area contributed by atoms with Crippen LogP contribution in [0.4, 0.5) is 0 Å². The fourth-order valence-corrected chi connectivity index (χ4v) is 1.66. The number of hydrogen-bond acceptors (Lipinski definition) is 4. The van der Waals surface area contributed by atoms with E-state index in [0.717, 1.165) is 0 Å². The van der Waals surface area contributed by atoms with Crippen LogP contribution in [0.1, 0.15) is 10.4 Å². The Hall–Kier alpha value is -2.30. The third-order valence-electron chi connectivity index (χ3n) is 2.48. The van der Waals surface area contributed by atoms with Gasteiger partial charge in [0.2, 0.25) is 5.88 Å². The van der Waals surface area contributed by atoms with Gasteiger partial charge >= 0.3 is 5.97 Å². The molecule has 0 radical (unpaired) electrons. The first kappa shape index (κ1) is 11.2. The predicted molar refractivity (Wildman–Crippen MR) is 61.8 cm³/mol. The van der Waals surface area contributed by atoms with E-state index in [1.807, 2.05) is 0 Å². The number of rotatable bonds is 3. The minimum Gasteiger partial charge on any atom is -0.497 e. The lowest BCUT2D eigenvalue weighted by molar-refractivity contribution is 0.0698. The number of benzene rings is 1. The zero-order valence-corrected chi connectivity index (χ0v) is 9.43. The zero-order valence-electron chi connectivity index (χ0n) is 9.43. The number of pyridine rings is 1. The number of carboxylic acids is 1. The molecular weight excluding hydrogens is 222 g/mol. The molecule has 0 spiro atoms. The SMILES string of the molecule is COc1ccc2c(C(=O)O)cnc(OC)c2c1. The van der Waals surface area contributed by atoms with Gasteiger partial charge in [0.1, 0.15) is 5.75 Å². The van der Waals surface area contributed by atoms with Crippen molar-refractivity contribution in [3.05, 3.63) is 30.0 Å². The van der Waals surface area contributed by atoms with Gasteiger partial charge in [-0.25, -0.2) is 9.78 Å². The van der Waals surface area contributed by atoms with Crippen molar-refractivity contribution in [3.63, 3.8) is 0 Å². The maximum atomic E-state index is 11.1. The number of hydrogen-bond donors (Lipinski definition) is 1. The Morgan fingerprint density at radius 1 is 1.24 bits per heavy atom. The molecule has 0 aliphatic carbocycles. The van der Waals surface area contributed by atoms with Crippen molar-refractivity contribution in [1.29, 1.82) is 0 Å². The molecule has 17 heavy (non-hydrogen) atoms. The van der Waals surface area contributed by atoms with Gasteiger partial charge in [-0.15, -0.1) is 0 Å². The molecule has 1 heterocycles. The Morgan fingerprint density at radius 2 is 2.00 bits per heavy atom. The van der Waals surface area contributed by atoms with E-state index in [9.17, 15) is 4.79 Å². The van der Waals surface area contributed by atoms with Gasteiger partial charge in [0.15, 0.2) is 0 Å². The molecule has 0 atom stereocenters. The summed E-state index contributed by atoms with van der Waals surface area (Å²) in [7, 11) is 3.03. The summed E-state index contributed by atoms with van der Waals surface area (Å²) in [6.45, 7) is 0. The van der Waals surface area contributed by atoms with E-state index < -0.39 is 5.97 Å². The van der Waals surface area contributed by atoms with Crippen molar-refractivity contribution in [2.75, 3.05) is 14.2 Å². The highest BCUT2D eigenvalue weighted by molar-refractivity contribution is 6.05. The third-order valence-corrected chi connectivity index (χ3v) is 2.48. The standard InChI is InChI=1S/C12H11NO4/c1-16-7-3-4-8-9(5-7)11(17-2)13-6-10(8)12(14)15/h3-6H,1-2H3,(H,14,15). The summed E-state index contributed by atoms with van der Waals surface area (Å²) < 4.78 is 10.2. The second-order valence-electron chi connectivity index (χ2n) is 3.40. The monoisotopic (exact) mass is 233 g/mol. The fourth-order valence-electron chi connectivity index (χ4n) is 1.66. The maximum Gasteiger partial charge on any atom is 0.337 e. The van der Waals surface area contributed by atoms with Crippen LogP contribution in [0, 0.1) is 0 Å². The predicted octanol–water partition coefficient (Wildman–Crippen LogP) is 1.95. The summed E-state index contributed by atoms with van der Waals surface area (Å²) in [5, 5.41) is 10.3. The number of aromatic carboxylic acids is 1. The Balaban J connectivity index is 2.79. The number of carbonyl (C=O) groups is 1. The highest BCUT2D eigenvalue weighted by atomic mass is 16.5. The van der Waals surface area contributed by atoms with Gasteiger partial charge in [0, 0.05) is 17.0 Å². The first-order chi connectivity index (χ1) is 8.17. The van der Waals surface area contributed by atoms with Gasteiger partial charge in [-0.1, -0.05) is 0 Å². The zero-order chi connectivity index (χ0) is 12.4. The Kier molecular flexibility index (Phi) is 2.82. The van der Waals surface area contributed by atoms with Crippen molar-refractivity contribution in [2.45, 2.75) is 0 Å². The summed E-state index contributed by atoms with van der Waals surface area (Å²) in [6, 6.07) is 5.09. The van der Waals surface area contributed by atoms with Crippen LogP contribution in [0.25, 0.3) is 10.8 Å². The lowest BCUT2D eigenvalue weighted by atomic mass is 10.1. The summed E-state index contributed by atoms with van der Waals surface area (Å²) in [5.41, 5.74) is 0.142. The Bertz CT molecular complexity index is 580. The quantitative estimate of drug-likeness (QED) is 0.877. The van der Waals surface area contributed by atoms with E-state index in [1.165, 1.54) is 13.3 Å². The average Bonchev–Trinajstić information content (AvgIpc) is 2.36. The van der Waals surface area contributed by atoms with E-state index in [2.05, 4.69) is 4.98 Å². The van der Waals surface area contributed by atoms with Crippen molar-refractivity contribution in [2.24, 2.45) is 0 Å². The molecule has 0 aliphatic heterocycles. The number of nitrogens with zero attached hydrogens (tertiary/aromatic N) is 1. The van der Waals surface area contributed by atoms with Crippen molar-refractivity contribution in [1.82, 2.24) is 4.98 Å².